The molecule has 34 heavy (non-hydrogen) atoms. The van der Waals surface area contributed by atoms with Crippen LogP contribution in [0.4, 0.5) is 0 Å². The zero-order chi connectivity index (χ0) is 26.0. The third kappa shape index (κ3) is 7.16. The van der Waals surface area contributed by atoms with Crippen LogP contribution >= 0.6 is 0 Å². The molecule has 0 amide bonds. The van der Waals surface area contributed by atoms with Gasteiger partial charge in [-0.05, 0) is 31.0 Å². The second kappa shape index (κ2) is 13.5. The maximum absolute atomic E-state index is 13.1. The summed E-state index contributed by atoms with van der Waals surface area (Å²) in [6.07, 6.45) is 11.6. The number of methoxy groups -OCH3 is 2. The molecule has 7 heteroatoms. The zero-order valence-electron chi connectivity index (χ0n) is 23.2. The summed E-state index contributed by atoms with van der Waals surface area (Å²) < 4.78 is 23.5. The molecular formula is C27H52O6Si. The molecule has 4 atom stereocenters. The molecule has 1 aliphatic heterocycles. The predicted molar refractivity (Wildman–Crippen MR) is 140 cm³/mol. The number of esters is 1. The predicted octanol–water partition coefficient (Wildman–Crippen LogP) is 6.52. The maximum atomic E-state index is 13.1. The highest BCUT2D eigenvalue weighted by atomic mass is 28.4. The van der Waals surface area contributed by atoms with Crippen LogP contribution < -0.4 is 0 Å². The summed E-state index contributed by atoms with van der Waals surface area (Å²) in [4.78, 5) is 13.1. The van der Waals surface area contributed by atoms with Gasteiger partial charge in [0.25, 0.3) is 0 Å². The Morgan fingerprint density at radius 2 is 1.53 bits per heavy atom. The summed E-state index contributed by atoms with van der Waals surface area (Å²) in [5.41, 5.74) is -3.38. The minimum Gasteiger partial charge on any atom is -0.467 e. The summed E-state index contributed by atoms with van der Waals surface area (Å²) >= 11 is 0. The topological polar surface area (TPSA) is 74.2 Å². The van der Waals surface area contributed by atoms with Gasteiger partial charge in [-0.1, -0.05) is 91.6 Å². The molecule has 0 aliphatic carbocycles. The Labute approximate surface area is 209 Å². The van der Waals surface area contributed by atoms with Crippen molar-refractivity contribution in [2.75, 3.05) is 14.2 Å². The van der Waals surface area contributed by atoms with E-state index in [0.717, 1.165) is 19.3 Å². The lowest BCUT2D eigenvalue weighted by atomic mass is 9.77. The molecule has 0 aromatic rings. The molecule has 0 aromatic carbocycles. The molecule has 1 aliphatic rings. The number of rotatable bonds is 16. The molecule has 6 nitrogen and oxygen atoms in total. The van der Waals surface area contributed by atoms with Crippen molar-refractivity contribution in [2.45, 2.75) is 140 Å². The highest BCUT2D eigenvalue weighted by Crippen LogP contribution is 2.49. The number of hydrogen-bond acceptors (Lipinski definition) is 6. The first-order valence-corrected chi connectivity index (χ1v) is 16.1. The number of hydrogen-bond donors (Lipinski definition) is 1. The molecule has 0 saturated carbocycles. The summed E-state index contributed by atoms with van der Waals surface area (Å²) in [5.74, 6) is -0.616. The second-order valence-corrected chi connectivity index (χ2v) is 16.1. The van der Waals surface area contributed by atoms with Crippen molar-refractivity contribution < 1.29 is 28.5 Å². The Hall–Kier alpha value is -0.733. The fourth-order valence-electron chi connectivity index (χ4n) is 4.48. The molecular weight excluding hydrogens is 448 g/mol. The molecule has 1 N–H and O–H groups in total. The van der Waals surface area contributed by atoms with Gasteiger partial charge in [-0.15, -0.1) is 6.58 Å². The van der Waals surface area contributed by atoms with E-state index < -0.39 is 37.9 Å². The Balaban J connectivity index is 2.94. The van der Waals surface area contributed by atoms with Crippen LogP contribution in [0, 0.1) is 0 Å². The standard InChI is InChI=1S/C27H52O6Si/c1-10-12-13-14-15-16-17-18-19-20-21-27(24(28)31-7)26(29,11-2)22(23(30-6)32-27)33-34(8,9)25(3,4)5/h11,22-23,29H,2,10,12-21H2,1,3-9H3/t22-,23+,26-,27+/m1/s1. The second-order valence-electron chi connectivity index (χ2n) is 11.3. The van der Waals surface area contributed by atoms with Crippen LogP contribution in [0.3, 0.4) is 0 Å². The van der Waals surface area contributed by atoms with Crippen LogP contribution in [0.5, 0.6) is 0 Å². The monoisotopic (exact) mass is 500 g/mol. The average molecular weight is 501 g/mol. The van der Waals surface area contributed by atoms with E-state index in [1.54, 1.807) is 0 Å². The highest BCUT2D eigenvalue weighted by molar-refractivity contribution is 6.74. The first kappa shape index (κ1) is 31.3. The number of ether oxygens (including phenoxy) is 3. The molecule has 0 radical (unpaired) electrons. The SMILES string of the molecule is C=C[C@@]1(O)[C@H](O[Si](C)(C)C(C)(C)C)[C@@H](OC)O[C@@]1(CCCCCCCCCCCC)C(=O)OC. The van der Waals surface area contributed by atoms with Crippen LogP contribution in [0.15, 0.2) is 12.7 Å². The van der Waals surface area contributed by atoms with Crippen molar-refractivity contribution in [3.63, 3.8) is 0 Å². The van der Waals surface area contributed by atoms with Gasteiger partial charge in [0.15, 0.2) is 20.2 Å². The molecule has 1 saturated heterocycles. The summed E-state index contributed by atoms with van der Waals surface area (Å²) in [6.45, 7) is 16.7. The van der Waals surface area contributed by atoms with E-state index in [4.69, 9.17) is 18.6 Å². The van der Waals surface area contributed by atoms with Gasteiger partial charge < -0.3 is 23.7 Å². The van der Waals surface area contributed by atoms with E-state index in [-0.39, 0.29) is 5.04 Å². The number of unbranched alkanes of at least 4 members (excludes halogenated alkanes) is 9. The summed E-state index contributed by atoms with van der Waals surface area (Å²) in [5, 5.41) is 11.8. The zero-order valence-corrected chi connectivity index (χ0v) is 24.2. The Kier molecular flexibility index (Phi) is 12.5. The van der Waals surface area contributed by atoms with Crippen molar-refractivity contribution in [2.24, 2.45) is 0 Å². The minimum absolute atomic E-state index is 0.0968. The molecule has 0 unspecified atom stereocenters. The molecule has 0 bridgehead atoms. The number of carbonyl (C=O) groups excluding carboxylic acids is 1. The van der Waals surface area contributed by atoms with Gasteiger partial charge in [0, 0.05) is 7.11 Å². The van der Waals surface area contributed by atoms with E-state index in [1.807, 2.05) is 0 Å². The third-order valence-corrected chi connectivity index (χ3v) is 12.3. The van der Waals surface area contributed by atoms with Crippen LogP contribution in [0.1, 0.15) is 98.3 Å². The van der Waals surface area contributed by atoms with Gasteiger partial charge >= 0.3 is 5.97 Å². The van der Waals surface area contributed by atoms with Crippen LogP contribution in [0.2, 0.25) is 18.1 Å². The van der Waals surface area contributed by atoms with Gasteiger partial charge in [-0.3, -0.25) is 0 Å². The summed E-state index contributed by atoms with van der Waals surface area (Å²) in [6, 6.07) is 0. The molecule has 1 heterocycles. The molecule has 0 spiro atoms. The molecule has 1 fully saturated rings. The Bertz CT molecular complexity index is 631. The van der Waals surface area contributed by atoms with Crippen molar-refractivity contribution in [3.8, 4) is 0 Å². The Morgan fingerprint density at radius 1 is 1.03 bits per heavy atom. The average Bonchev–Trinajstić information content (AvgIpc) is 3.02. The lowest BCUT2D eigenvalue weighted by Crippen LogP contribution is -2.62. The minimum atomic E-state index is -2.33. The third-order valence-electron chi connectivity index (χ3n) is 7.81. The largest absolute Gasteiger partial charge is 0.467 e. The summed E-state index contributed by atoms with van der Waals surface area (Å²) in [7, 11) is 0.497. The fourth-order valence-corrected chi connectivity index (χ4v) is 5.76. The van der Waals surface area contributed by atoms with E-state index in [9.17, 15) is 9.90 Å². The highest BCUT2D eigenvalue weighted by Gasteiger charge is 2.70. The lowest BCUT2D eigenvalue weighted by Gasteiger charge is -2.43. The first-order valence-electron chi connectivity index (χ1n) is 13.2. The number of carbonyl (C=O) groups is 1. The smallest absolute Gasteiger partial charge is 0.341 e. The van der Waals surface area contributed by atoms with Gasteiger partial charge in [0.05, 0.1) is 7.11 Å². The van der Waals surface area contributed by atoms with E-state index in [2.05, 4.69) is 47.4 Å². The quantitative estimate of drug-likeness (QED) is 0.113. The van der Waals surface area contributed by atoms with Crippen LogP contribution in [0.25, 0.3) is 0 Å². The Morgan fingerprint density at radius 3 is 1.94 bits per heavy atom. The lowest BCUT2D eigenvalue weighted by molar-refractivity contribution is -0.206. The van der Waals surface area contributed by atoms with Crippen LogP contribution in [-0.2, 0) is 23.4 Å². The molecule has 1 rings (SSSR count). The van der Waals surface area contributed by atoms with Gasteiger partial charge in [0.1, 0.15) is 6.10 Å². The van der Waals surface area contributed by atoms with Gasteiger partial charge in [-0.25, -0.2) is 4.79 Å². The fraction of sp³-hybridized carbons (Fsp3) is 0.889. The van der Waals surface area contributed by atoms with E-state index in [1.165, 1.54) is 65.2 Å². The molecule has 200 valence electrons. The maximum Gasteiger partial charge on any atom is 0.341 e. The van der Waals surface area contributed by atoms with Crippen molar-refractivity contribution in [3.05, 3.63) is 12.7 Å². The van der Waals surface area contributed by atoms with Crippen molar-refractivity contribution in [1.82, 2.24) is 0 Å². The number of aliphatic hydroxyl groups is 1. The van der Waals surface area contributed by atoms with E-state index in [0.29, 0.717) is 6.42 Å². The first-order chi connectivity index (χ1) is 15.9. The van der Waals surface area contributed by atoms with Crippen LogP contribution in [-0.4, -0.2) is 57.2 Å². The molecule has 0 aromatic heterocycles. The van der Waals surface area contributed by atoms with Crippen molar-refractivity contribution in [1.29, 1.82) is 0 Å². The van der Waals surface area contributed by atoms with Gasteiger partial charge in [0.2, 0.25) is 5.60 Å². The van der Waals surface area contributed by atoms with E-state index >= 15 is 0 Å². The van der Waals surface area contributed by atoms with Crippen molar-refractivity contribution >= 4 is 14.3 Å². The van der Waals surface area contributed by atoms with Gasteiger partial charge in [-0.2, -0.15) is 0 Å². The normalized spacial score (nSPS) is 27.7.